The molecule has 6 nitrogen and oxygen atoms in total. The lowest BCUT2D eigenvalue weighted by Gasteiger charge is -2.12. The van der Waals surface area contributed by atoms with Gasteiger partial charge in [-0.2, -0.15) is 5.10 Å². The monoisotopic (exact) mass is 286 g/mol. The number of aromatic nitrogens is 2. The summed E-state index contributed by atoms with van der Waals surface area (Å²) in [6.45, 7) is 2.05. The molecule has 0 spiro atoms. The average Bonchev–Trinajstić information content (AvgIpc) is 3.01. The molecule has 1 heterocycles. The molecular weight excluding hydrogens is 268 g/mol. The molecule has 2 aromatic rings. The van der Waals surface area contributed by atoms with Crippen molar-refractivity contribution < 1.29 is 9.59 Å². The minimum absolute atomic E-state index is 0.131. The first-order chi connectivity index (χ1) is 10.2. The zero-order chi connectivity index (χ0) is 15.1. The lowest BCUT2D eigenvalue weighted by atomic mass is 10.3. The first-order valence-corrected chi connectivity index (χ1v) is 6.78. The Morgan fingerprint density at radius 2 is 2.00 bits per heavy atom. The molecule has 0 aliphatic carbocycles. The first kappa shape index (κ1) is 14.8. The van der Waals surface area contributed by atoms with Crippen molar-refractivity contribution in [1.82, 2.24) is 15.1 Å². The summed E-state index contributed by atoms with van der Waals surface area (Å²) in [5.41, 5.74) is 0.749. The Morgan fingerprint density at radius 3 is 2.67 bits per heavy atom. The summed E-state index contributed by atoms with van der Waals surface area (Å²) in [4.78, 5) is 23.6. The number of nitrogens with one attached hydrogen (secondary N) is 2. The number of para-hydroxylation sites is 1. The molecule has 0 unspecified atom stereocenters. The van der Waals surface area contributed by atoms with Crippen molar-refractivity contribution in [2.45, 2.75) is 19.4 Å². The highest BCUT2D eigenvalue weighted by Crippen LogP contribution is 2.05. The molecule has 2 N–H and O–H groups in total. The van der Waals surface area contributed by atoms with Gasteiger partial charge < -0.3 is 10.6 Å². The van der Waals surface area contributed by atoms with Gasteiger partial charge in [0.25, 0.3) is 0 Å². The molecule has 0 saturated carbocycles. The third-order valence-corrected chi connectivity index (χ3v) is 3.01. The van der Waals surface area contributed by atoms with Crippen molar-refractivity contribution in [3.05, 3.63) is 48.8 Å². The molecule has 0 aliphatic rings. The SMILES string of the molecule is C[C@@H](C(=O)NCCC(=O)Nc1ccccc1)n1cccn1. The smallest absolute Gasteiger partial charge is 0.244 e. The molecule has 6 heteroatoms. The minimum Gasteiger partial charge on any atom is -0.354 e. The van der Waals surface area contributed by atoms with Crippen LogP contribution >= 0.6 is 0 Å². The first-order valence-electron chi connectivity index (χ1n) is 6.78. The van der Waals surface area contributed by atoms with E-state index in [1.54, 1.807) is 30.1 Å². The third kappa shape index (κ3) is 4.45. The molecule has 0 radical (unpaired) electrons. The van der Waals surface area contributed by atoms with Crippen molar-refractivity contribution in [1.29, 1.82) is 0 Å². The van der Waals surface area contributed by atoms with Gasteiger partial charge in [0, 0.05) is 31.0 Å². The molecular formula is C15H18N4O2. The number of hydrogen-bond donors (Lipinski definition) is 2. The maximum atomic E-state index is 11.9. The lowest BCUT2D eigenvalue weighted by Crippen LogP contribution is -2.33. The van der Waals surface area contributed by atoms with Crippen LogP contribution in [0.2, 0.25) is 0 Å². The topological polar surface area (TPSA) is 76.0 Å². The number of rotatable bonds is 6. The highest BCUT2D eigenvalue weighted by atomic mass is 16.2. The van der Waals surface area contributed by atoms with Gasteiger partial charge in [0.2, 0.25) is 11.8 Å². The van der Waals surface area contributed by atoms with E-state index in [0.717, 1.165) is 5.69 Å². The Balaban J connectivity index is 1.71. The highest BCUT2D eigenvalue weighted by Gasteiger charge is 2.14. The van der Waals surface area contributed by atoms with Crippen LogP contribution in [0.1, 0.15) is 19.4 Å². The Kier molecular flexibility index (Phi) is 5.09. The van der Waals surface area contributed by atoms with Gasteiger partial charge >= 0.3 is 0 Å². The number of amides is 2. The van der Waals surface area contributed by atoms with E-state index in [1.807, 2.05) is 30.3 Å². The van der Waals surface area contributed by atoms with Crippen LogP contribution in [0, 0.1) is 0 Å². The van der Waals surface area contributed by atoms with E-state index in [0.29, 0.717) is 6.54 Å². The van der Waals surface area contributed by atoms with Gasteiger partial charge in [-0.15, -0.1) is 0 Å². The molecule has 0 aliphatic heterocycles. The van der Waals surface area contributed by atoms with E-state index in [-0.39, 0.29) is 18.2 Å². The normalized spacial score (nSPS) is 11.7. The second kappa shape index (κ2) is 7.23. The van der Waals surface area contributed by atoms with E-state index in [9.17, 15) is 9.59 Å². The second-order valence-corrected chi connectivity index (χ2v) is 4.62. The summed E-state index contributed by atoms with van der Waals surface area (Å²) < 4.78 is 1.57. The number of nitrogens with zero attached hydrogens (tertiary/aromatic N) is 2. The number of carbonyl (C=O) groups excluding carboxylic acids is 2. The van der Waals surface area contributed by atoms with Crippen LogP contribution < -0.4 is 10.6 Å². The number of anilines is 1. The minimum atomic E-state index is -0.391. The van der Waals surface area contributed by atoms with Crippen LogP contribution in [0.4, 0.5) is 5.69 Å². The van der Waals surface area contributed by atoms with Gasteiger partial charge in [-0.25, -0.2) is 0 Å². The van der Waals surface area contributed by atoms with Crippen LogP contribution in [0.15, 0.2) is 48.8 Å². The second-order valence-electron chi connectivity index (χ2n) is 4.62. The Labute approximate surface area is 123 Å². The number of hydrogen-bond acceptors (Lipinski definition) is 3. The summed E-state index contributed by atoms with van der Waals surface area (Å²) in [7, 11) is 0. The Hall–Kier alpha value is -2.63. The number of carbonyl (C=O) groups is 2. The van der Waals surface area contributed by atoms with Crippen molar-refractivity contribution in [3.8, 4) is 0 Å². The zero-order valence-electron chi connectivity index (χ0n) is 11.8. The molecule has 2 rings (SSSR count). The summed E-state index contributed by atoms with van der Waals surface area (Å²) >= 11 is 0. The van der Waals surface area contributed by atoms with Crippen LogP contribution in [-0.4, -0.2) is 28.1 Å². The number of benzene rings is 1. The van der Waals surface area contributed by atoms with Crippen LogP contribution in [0.5, 0.6) is 0 Å². The van der Waals surface area contributed by atoms with Crippen LogP contribution in [0.3, 0.4) is 0 Å². The van der Waals surface area contributed by atoms with Gasteiger partial charge in [0.15, 0.2) is 0 Å². The fourth-order valence-electron chi connectivity index (χ4n) is 1.82. The fourth-order valence-corrected chi connectivity index (χ4v) is 1.82. The van der Waals surface area contributed by atoms with Gasteiger partial charge in [-0.05, 0) is 25.1 Å². The molecule has 0 saturated heterocycles. The van der Waals surface area contributed by atoms with Crippen LogP contribution in [-0.2, 0) is 9.59 Å². The van der Waals surface area contributed by atoms with E-state index >= 15 is 0 Å². The van der Waals surface area contributed by atoms with Gasteiger partial charge in [-0.3, -0.25) is 14.3 Å². The van der Waals surface area contributed by atoms with E-state index in [1.165, 1.54) is 0 Å². The summed E-state index contributed by atoms with van der Waals surface area (Å²) in [6, 6.07) is 10.6. The van der Waals surface area contributed by atoms with Crippen molar-refractivity contribution in [2.24, 2.45) is 0 Å². The van der Waals surface area contributed by atoms with Gasteiger partial charge in [0.1, 0.15) is 6.04 Å². The van der Waals surface area contributed by atoms with Gasteiger partial charge in [-0.1, -0.05) is 18.2 Å². The molecule has 0 fully saturated rings. The summed E-state index contributed by atoms with van der Waals surface area (Å²) in [5, 5.41) is 9.50. The third-order valence-electron chi connectivity index (χ3n) is 3.01. The summed E-state index contributed by atoms with van der Waals surface area (Å²) in [6.07, 6.45) is 3.58. The van der Waals surface area contributed by atoms with Crippen molar-refractivity contribution in [3.63, 3.8) is 0 Å². The highest BCUT2D eigenvalue weighted by molar-refractivity contribution is 5.91. The van der Waals surface area contributed by atoms with Crippen molar-refractivity contribution >= 4 is 17.5 Å². The fraction of sp³-hybridized carbons (Fsp3) is 0.267. The van der Waals surface area contributed by atoms with E-state index < -0.39 is 6.04 Å². The molecule has 0 bridgehead atoms. The maximum Gasteiger partial charge on any atom is 0.244 e. The van der Waals surface area contributed by atoms with E-state index in [4.69, 9.17) is 0 Å². The quantitative estimate of drug-likeness (QED) is 0.846. The zero-order valence-corrected chi connectivity index (χ0v) is 11.8. The summed E-state index contributed by atoms with van der Waals surface area (Å²) in [5.74, 6) is -0.292. The molecule has 1 atom stereocenters. The Bertz CT molecular complexity index is 581. The van der Waals surface area contributed by atoms with Crippen molar-refractivity contribution in [2.75, 3.05) is 11.9 Å². The molecule has 1 aromatic heterocycles. The average molecular weight is 286 g/mol. The molecule has 21 heavy (non-hydrogen) atoms. The Morgan fingerprint density at radius 1 is 1.24 bits per heavy atom. The largest absolute Gasteiger partial charge is 0.354 e. The van der Waals surface area contributed by atoms with Crippen LogP contribution in [0.25, 0.3) is 0 Å². The standard InChI is InChI=1S/C15H18N4O2/c1-12(19-11-5-9-17-19)15(21)16-10-8-14(20)18-13-6-3-2-4-7-13/h2-7,9,11-12H,8,10H2,1H3,(H,16,21)(H,18,20)/t12-/m0/s1. The predicted octanol–water partition coefficient (Wildman–Crippen LogP) is 1.59. The van der Waals surface area contributed by atoms with Gasteiger partial charge in [0.05, 0.1) is 0 Å². The predicted molar refractivity (Wildman–Crippen MR) is 79.6 cm³/mol. The molecule has 1 aromatic carbocycles. The lowest BCUT2D eigenvalue weighted by molar-refractivity contribution is -0.124. The maximum absolute atomic E-state index is 11.9. The molecule has 2 amide bonds. The molecule has 110 valence electrons. The van der Waals surface area contributed by atoms with E-state index in [2.05, 4.69) is 15.7 Å².